The Morgan fingerprint density at radius 1 is 1.42 bits per heavy atom. The van der Waals surface area contributed by atoms with Gasteiger partial charge in [0.15, 0.2) is 0 Å². The van der Waals surface area contributed by atoms with Gasteiger partial charge in [0.2, 0.25) is 0 Å². The first-order valence-corrected chi connectivity index (χ1v) is 7.10. The third-order valence-corrected chi connectivity index (χ3v) is 4.31. The zero-order valence-corrected chi connectivity index (χ0v) is 12.0. The van der Waals surface area contributed by atoms with Crippen LogP contribution in [0.1, 0.15) is 35.5 Å². The van der Waals surface area contributed by atoms with E-state index in [0.29, 0.717) is 6.04 Å². The summed E-state index contributed by atoms with van der Waals surface area (Å²) in [6.07, 6.45) is 1.76. The Hall–Kier alpha value is -1.32. The van der Waals surface area contributed by atoms with Gasteiger partial charge in [-0.05, 0) is 17.5 Å². The molecule has 1 atom stereocenters. The summed E-state index contributed by atoms with van der Waals surface area (Å²) in [4.78, 5) is 0. The van der Waals surface area contributed by atoms with Crippen molar-refractivity contribution in [1.82, 2.24) is 15.1 Å². The molecule has 3 nitrogen and oxygen atoms in total. The molecule has 1 aromatic carbocycles. The molecule has 100 valence electrons. The number of hydrogen-bond donors (Lipinski definition) is 1. The van der Waals surface area contributed by atoms with Crippen LogP contribution in [0.25, 0.3) is 0 Å². The topological polar surface area (TPSA) is 29.9 Å². The molecule has 0 saturated heterocycles. The van der Waals surface area contributed by atoms with Crippen LogP contribution in [0, 0.1) is 0 Å². The maximum Gasteiger partial charge on any atom is 0.0850 e. The number of rotatable bonds is 3. The van der Waals surface area contributed by atoms with Crippen molar-refractivity contribution in [2.75, 3.05) is 0 Å². The average molecular weight is 276 g/mol. The van der Waals surface area contributed by atoms with Crippen molar-refractivity contribution in [3.8, 4) is 0 Å². The summed E-state index contributed by atoms with van der Waals surface area (Å²) in [7, 11) is 1.97. The Balaban J connectivity index is 1.89. The van der Waals surface area contributed by atoms with E-state index in [-0.39, 0.29) is 0 Å². The van der Waals surface area contributed by atoms with Gasteiger partial charge >= 0.3 is 0 Å². The van der Waals surface area contributed by atoms with Crippen molar-refractivity contribution in [2.24, 2.45) is 7.05 Å². The van der Waals surface area contributed by atoms with Crippen LogP contribution in [0.3, 0.4) is 0 Å². The number of nitrogens with one attached hydrogen (secondary N) is 1. The highest BCUT2D eigenvalue weighted by Gasteiger charge is 2.24. The molecular formula is C15H18ClN3. The minimum Gasteiger partial charge on any atom is -0.305 e. The SMILES string of the molecule is CCc1nn(C)c(CC2NCc3ccccc32)c1Cl. The molecule has 1 aromatic heterocycles. The number of nitrogens with zero attached hydrogens (tertiary/aromatic N) is 2. The molecule has 1 unspecified atom stereocenters. The normalized spacial score (nSPS) is 17.7. The van der Waals surface area contributed by atoms with Crippen LogP contribution in [0.15, 0.2) is 24.3 Å². The van der Waals surface area contributed by atoms with E-state index in [1.54, 1.807) is 0 Å². The fourth-order valence-corrected chi connectivity index (χ4v) is 3.17. The quantitative estimate of drug-likeness (QED) is 0.933. The maximum atomic E-state index is 6.42. The highest BCUT2D eigenvalue weighted by Crippen LogP contribution is 2.31. The van der Waals surface area contributed by atoms with Crippen LogP contribution in [-0.2, 0) is 26.4 Å². The van der Waals surface area contributed by atoms with E-state index >= 15 is 0 Å². The van der Waals surface area contributed by atoms with Gasteiger partial charge in [-0.15, -0.1) is 0 Å². The van der Waals surface area contributed by atoms with Crippen LogP contribution in [-0.4, -0.2) is 9.78 Å². The third-order valence-electron chi connectivity index (χ3n) is 3.87. The predicted octanol–water partition coefficient (Wildman–Crippen LogP) is 3.02. The third kappa shape index (κ3) is 2.17. The molecule has 1 aliphatic rings. The molecule has 2 heterocycles. The molecule has 0 fully saturated rings. The zero-order chi connectivity index (χ0) is 13.4. The van der Waals surface area contributed by atoms with Crippen LogP contribution in [0.2, 0.25) is 5.02 Å². The lowest BCUT2D eigenvalue weighted by atomic mass is 10.0. The van der Waals surface area contributed by atoms with Crippen molar-refractivity contribution in [2.45, 2.75) is 32.4 Å². The first kappa shape index (κ1) is 12.7. The largest absolute Gasteiger partial charge is 0.305 e. The fraction of sp³-hybridized carbons (Fsp3) is 0.400. The monoisotopic (exact) mass is 275 g/mol. The van der Waals surface area contributed by atoms with Gasteiger partial charge in [0.05, 0.1) is 16.4 Å². The van der Waals surface area contributed by atoms with Gasteiger partial charge in [-0.3, -0.25) is 4.68 Å². The van der Waals surface area contributed by atoms with Gasteiger partial charge in [-0.25, -0.2) is 0 Å². The molecule has 0 amide bonds. The van der Waals surface area contributed by atoms with E-state index in [2.05, 4.69) is 41.6 Å². The van der Waals surface area contributed by atoms with Crippen molar-refractivity contribution in [1.29, 1.82) is 0 Å². The Kier molecular flexibility index (Phi) is 3.33. The molecule has 3 rings (SSSR count). The van der Waals surface area contributed by atoms with Gasteiger partial charge in [0, 0.05) is 26.1 Å². The molecule has 4 heteroatoms. The van der Waals surface area contributed by atoms with Crippen LogP contribution >= 0.6 is 11.6 Å². The molecule has 19 heavy (non-hydrogen) atoms. The predicted molar refractivity (Wildman–Crippen MR) is 77.3 cm³/mol. The maximum absolute atomic E-state index is 6.42. The highest BCUT2D eigenvalue weighted by molar-refractivity contribution is 6.31. The summed E-state index contributed by atoms with van der Waals surface area (Å²) in [6, 6.07) is 8.92. The molecule has 0 radical (unpaired) electrons. The lowest BCUT2D eigenvalue weighted by Crippen LogP contribution is -2.16. The van der Waals surface area contributed by atoms with Crippen molar-refractivity contribution >= 4 is 11.6 Å². The first-order chi connectivity index (χ1) is 9.20. The summed E-state index contributed by atoms with van der Waals surface area (Å²) in [5.74, 6) is 0. The van der Waals surface area contributed by atoms with E-state index in [0.717, 1.165) is 35.8 Å². The molecular weight excluding hydrogens is 258 g/mol. The lowest BCUT2D eigenvalue weighted by Gasteiger charge is -2.12. The van der Waals surface area contributed by atoms with Crippen molar-refractivity contribution in [3.05, 3.63) is 51.8 Å². The Morgan fingerprint density at radius 2 is 2.21 bits per heavy atom. The van der Waals surface area contributed by atoms with Crippen LogP contribution in [0.5, 0.6) is 0 Å². The van der Waals surface area contributed by atoms with E-state index in [1.165, 1.54) is 11.1 Å². The molecule has 1 aliphatic heterocycles. The van der Waals surface area contributed by atoms with Gasteiger partial charge in [-0.1, -0.05) is 42.8 Å². The summed E-state index contributed by atoms with van der Waals surface area (Å²) >= 11 is 6.42. The molecule has 0 spiro atoms. The number of benzene rings is 1. The van der Waals surface area contributed by atoms with E-state index in [4.69, 9.17) is 11.6 Å². The molecule has 0 aliphatic carbocycles. The minimum absolute atomic E-state index is 0.341. The van der Waals surface area contributed by atoms with Crippen LogP contribution < -0.4 is 5.32 Å². The number of aromatic nitrogens is 2. The Morgan fingerprint density at radius 3 is 2.95 bits per heavy atom. The summed E-state index contributed by atoms with van der Waals surface area (Å²) in [5.41, 5.74) is 4.89. The summed E-state index contributed by atoms with van der Waals surface area (Å²) < 4.78 is 1.92. The van der Waals surface area contributed by atoms with Gasteiger partial charge in [0.1, 0.15) is 0 Å². The van der Waals surface area contributed by atoms with E-state index in [1.807, 2.05) is 11.7 Å². The minimum atomic E-state index is 0.341. The first-order valence-electron chi connectivity index (χ1n) is 6.72. The molecule has 1 N–H and O–H groups in total. The summed E-state index contributed by atoms with van der Waals surface area (Å²) in [6.45, 7) is 3.03. The Bertz CT molecular complexity index is 603. The fourth-order valence-electron chi connectivity index (χ4n) is 2.80. The van der Waals surface area contributed by atoms with Crippen molar-refractivity contribution in [3.63, 3.8) is 0 Å². The second-order valence-corrected chi connectivity index (χ2v) is 5.40. The van der Waals surface area contributed by atoms with Gasteiger partial charge in [0.25, 0.3) is 0 Å². The zero-order valence-electron chi connectivity index (χ0n) is 11.3. The number of fused-ring (bicyclic) bond motifs is 1. The standard InChI is InChI=1S/C15H18ClN3/c1-3-12-15(16)14(19(2)18-12)8-13-11-7-5-4-6-10(11)9-17-13/h4-7,13,17H,3,8-9H2,1-2H3. The number of halogens is 1. The smallest absolute Gasteiger partial charge is 0.0850 e. The molecule has 0 saturated carbocycles. The van der Waals surface area contributed by atoms with E-state index in [9.17, 15) is 0 Å². The Labute approximate surface area is 118 Å². The highest BCUT2D eigenvalue weighted by atomic mass is 35.5. The average Bonchev–Trinajstić information content (AvgIpc) is 2.95. The number of aryl methyl sites for hydroxylation is 2. The van der Waals surface area contributed by atoms with Gasteiger partial charge < -0.3 is 5.32 Å². The number of hydrogen-bond acceptors (Lipinski definition) is 2. The van der Waals surface area contributed by atoms with Gasteiger partial charge in [-0.2, -0.15) is 5.10 Å². The molecule has 2 aromatic rings. The lowest BCUT2D eigenvalue weighted by molar-refractivity contribution is 0.554. The molecule has 0 bridgehead atoms. The van der Waals surface area contributed by atoms with Crippen molar-refractivity contribution < 1.29 is 0 Å². The second kappa shape index (κ2) is 4.99. The summed E-state index contributed by atoms with van der Waals surface area (Å²) in [5, 5.41) is 8.87. The van der Waals surface area contributed by atoms with Crippen LogP contribution in [0.4, 0.5) is 0 Å². The second-order valence-electron chi connectivity index (χ2n) is 5.02. The van der Waals surface area contributed by atoms with E-state index < -0.39 is 0 Å².